The first-order valence-corrected chi connectivity index (χ1v) is 8.92. The molecule has 0 aliphatic carbocycles. The fourth-order valence-corrected chi connectivity index (χ4v) is 2.80. The van der Waals surface area contributed by atoms with Crippen LogP contribution in [-0.4, -0.2) is 11.7 Å². The minimum absolute atomic E-state index is 0.156. The van der Waals surface area contributed by atoms with Crippen LogP contribution >= 0.6 is 12.2 Å². The van der Waals surface area contributed by atoms with Gasteiger partial charge in [-0.1, -0.05) is 37.6 Å². The van der Waals surface area contributed by atoms with Gasteiger partial charge in [0.25, 0.3) is 0 Å². The van der Waals surface area contributed by atoms with Crippen LogP contribution in [0.15, 0.2) is 48.5 Å². The fraction of sp³-hybridized carbons (Fsp3) is 0.350. The second kappa shape index (κ2) is 9.28. The van der Waals surface area contributed by atoms with Crippen molar-refractivity contribution in [3.63, 3.8) is 0 Å². The molecule has 0 saturated heterocycles. The molecule has 0 aliphatic heterocycles. The highest BCUT2D eigenvalue weighted by Crippen LogP contribution is 2.17. The first kappa shape index (κ1) is 18.3. The van der Waals surface area contributed by atoms with Gasteiger partial charge in [0.15, 0.2) is 5.11 Å². The Bertz CT molecular complexity index is 638. The maximum Gasteiger partial charge on any atom is 0.171 e. The molecule has 0 aliphatic rings. The summed E-state index contributed by atoms with van der Waals surface area (Å²) in [6.45, 7) is 6.95. The Morgan fingerprint density at radius 2 is 1.71 bits per heavy atom. The van der Waals surface area contributed by atoms with E-state index >= 15 is 0 Å². The zero-order chi connectivity index (χ0) is 17.4. The molecule has 2 N–H and O–H groups in total. The van der Waals surface area contributed by atoms with Crippen LogP contribution in [-0.2, 0) is 6.42 Å². The zero-order valence-electron chi connectivity index (χ0n) is 14.6. The number of ether oxygens (including phenoxy) is 1. The zero-order valence-corrected chi connectivity index (χ0v) is 15.5. The van der Waals surface area contributed by atoms with E-state index in [0.29, 0.717) is 11.7 Å². The van der Waals surface area contributed by atoms with Crippen LogP contribution in [0.3, 0.4) is 0 Å². The average Bonchev–Trinajstić information content (AvgIpc) is 2.58. The Labute approximate surface area is 150 Å². The molecule has 0 spiro atoms. The lowest BCUT2D eigenvalue weighted by Crippen LogP contribution is -2.30. The fourth-order valence-electron chi connectivity index (χ4n) is 2.51. The van der Waals surface area contributed by atoms with Crippen LogP contribution in [0.25, 0.3) is 0 Å². The van der Waals surface area contributed by atoms with Crippen LogP contribution in [0.4, 0.5) is 5.69 Å². The topological polar surface area (TPSA) is 33.3 Å². The standard InChI is InChI=1S/C20H26N2OS/c1-4-6-16-7-9-17(10-8-16)15(3)21-20(24)22-18-11-13-19(14-12-18)23-5-2/h7-15H,4-6H2,1-3H3,(H2,21,22,24)/t15-/m0/s1. The number of anilines is 1. The van der Waals surface area contributed by atoms with Crippen molar-refractivity contribution in [3.05, 3.63) is 59.7 Å². The maximum absolute atomic E-state index is 5.44. The largest absolute Gasteiger partial charge is 0.494 e. The molecule has 4 heteroatoms. The van der Waals surface area contributed by atoms with E-state index in [0.717, 1.165) is 17.9 Å². The quantitative estimate of drug-likeness (QED) is 0.687. The molecule has 0 unspecified atom stereocenters. The van der Waals surface area contributed by atoms with Gasteiger partial charge < -0.3 is 15.4 Å². The van der Waals surface area contributed by atoms with E-state index < -0.39 is 0 Å². The summed E-state index contributed by atoms with van der Waals surface area (Å²) < 4.78 is 5.44. The highest BCUT2D eigenvalue weighted by molar-refractivity contribution is 7.80. The molecular weight excluding hydrogens is 316 g/mol. The molecule has 0 aromatic heterocycles. The van der Waals surface area contributed by atoms with Crippen molar-refractivity contribution in [1.29, 1.82) is 0 Å². The van der Waals surface area contributed by atoms with Crippen molar-refractivity contribution in [2.75, 3.05) is 11.9 Å². The van der Waals surface area contributed by atoms with Gasteiger partial charge in [-0.05, 0) is 67.9 Å². The van der Waals surface area contributed by atoms with Crippen molar-refractivity contribution < 1.29 is 4.74 Å². The average molecular weight is 343 g/mol. The Morgan fingerprint density at radius 3 is 2.29 bits per heavy atom. The summed E-state index contributed by atoms with van der Waals surface area (Å²) in [7, 11) is 0. The predicted octanol–water partition coefficient (Wildman–Crippen LogP) is 5.09. The number of rotatable bonds is 7. The Kier molecular flexibility index (Phi) is 7.07. The van der Waals surface area contributed by atoms with Crippen LogP contribution in [0, 0.1) is 0 Å². The van der Waals surface area contributed by atoms with Crippen LogP contribution in [0.1, 0.15) is 44.4 Å². The molecule has 128 valence electrons. The summed E-state index contributed by atoms with van der Waals surface area (Å²) in [4.78, 5) is 0. The van der Waals surface area contributed by atoms with Crippen LogP contribution in [0.2, 0.25) is 0 Å². The third-order valence-corrected chi connectivity index (χ3v) is 4.01. The molecule has 2 rings (SSSR count). The van der Waals surface area contributed by atoms with E-state index in [9.17, 15) is 0 Å². The second-order valence-electron chi connectivity index (χ2n) is 5.77. The van der Waals surface area contributed by atoms with Crippen molar-refractivity contribution in [1.82, 2.24) is 5.32 Å². The number of benzene rings is 2. The van der Waals surface area contributed by atoms with E-state index in [2.05, 4.69) is 48.7 Å². The Hall–Kier alpha value is -2.07. The van der Waals surface area contributed by atoms with Gasteiger partial charge in [-0.25, -0.2) is 0 Å². The maximum atomic E-state index is 5.44. The number of hydrogen-bond acceptors (Lipinski definition) is 2. The number of thiocarbonyl (C=S) groups is 1. The van der Waals surface area contributed by atoms with E-state index in [1.165, 1.54) is 17.5 Å². The molecule has 0 radical (unpaired) electrons. The molecular formula is C20H26N2OS. The summed E-state index contributed by atoms with van der Waals surface area (Å²) in [5, 5.41) is 7.15. The van der Waals surface area contributed by atoms with E-state index in [-0.39, 0.29) is 6.04 Å². The molecule has 3 nitrogen and oxygen atoms in total. The Morgan fingerprint density at radius 1 is 1.04 bits per heavy atom. The SMILES string of the molecule is CCCc1ccc([C@H](C)NC(=S)Nc2ccc(OCC)cc2)cc1. The van der Waals surface area contributed by atoms with E-state index in [4.69, 9.17) is 17.0 Å². The molecule has 2 aromatic rings. The molecule has 0 bridgehead atoms. The van der Waals surface area contributed by atoms with Crippen LogP contribution in [0.5, 0.6) is 5.75 Å². The van der Waals surface area contributed by atoms with Gasteiger partial charge in [-0.3, -0.25) is 0 Å². The molecule has 0 saturated carbocycles. The molecule has 1 atom stereocenters. The lowest BCUT2D eigenvalue weighted by molar-refractivity contribution is 0.340. The summed E-state index contributed by atoms with van der Waals surface area (Å²) >= 11 is 5.41. The second-order valence-corrected chi connectivity index (χ2v) is 6.18. The summed E-state index contributed by atoms with van der Waals surface area (Å²) in [5.41, 5.74) is 3.55. The van der Waals surface area contributed by atoms with Crippen molar-refractivity contribution >= 4 is 23.0 Å². The van der Waals surface area contributed by atoms with Crippen molar-refractivity contribution in [3.8, 4) is 5.75 Å². The monoisotopic (exact) mass is 342 g/mol. The van der Waals surface area contributed by atoms with Gasteiger partial charge in [0.2, 0.25) is 0 Å². The Balaban J connectivity index is 1.88. The molecule has 2 aromatic carbocycles. The summed E-state index contributed by atoms with van der Waals surface area (Å²) in [5.74, 6) is 0.863. The van der Waals surface area contributed by atoms with E-state index in [1.54, 1.807) is 0 Å². The lowest BCUT2D eigenvalue weighted by Gasteiger charge is -2.18. The summed E-state index contributed by atoms with van der Waals surface area (Å²) in [6, 6.07) is 16.7. The molecule has 24 heavy (non-hydrogen) atoms. The number of aryl methyl sites for hydroxylation is 1. The van der Waals surface area contributed by atoms with Crippen molar-refractivity contribution in [2.45, 2.75) is 39.7 Å². The molecule has 0 fully saturated rings. The minimum Gasteiger partial charge on any atom is -0.494 e. The summed E-state index contributed by atoms with van der Waals surface area (Å²) in [6.07, 6.45) is 2.29. The normalized spacial score (nSPS) is 11.6. The van der Waals surface area contributed by atoms with Gasteiger partial charge in [-0.15, -0.1) is 0 Å². The highest BCUT2D eigenvalue weighted by atomic mass is 32.1. The first-order valence-electron chi connectivity index (χ1n) is 8.51. The van der Waals surface area contributed by atoms with Gasteiger partial charge in [0.05, 0.1) is 12.6 Å². The lowest BCUT2D eigenvalue weighted by atomic mass is 10.0. The number of nitrogens with one attached hydrogen (secondary N) is 2. The van der Waals surface area contributed by atoms with Crippen molar-refractivity contribution in [2.24, 2.45) is 0 Å². The van der Waals surface area contributed by atoms with E-state index in [1.807, 2.05) is 31.2 Å². The first-order chi connectivity index (χ1) is 11.6. The van der Waals surface area contributed by atoms with Crippen LogP contribution < -0.4 is 15.4 Å². The number of hydrogen-bond donors (Lipinski definition) is 2. The van der Waals surface area contributed by atoms with Gasteiger partial charge in [-0.2, -0.15) is 0 Å². The smallest absolute Gasteiger partial charge is 0.171 e. The predicted molar refractivity (Wildman–Crippen MR) is 106 cm³/mol. The minimum atomic E-state index is 0.156. The van der Waals surface area contributed by atoms with Gasteiger partial charge in [0.1, 0.15) is 5.75 Å². The molecule has 0 amide bonds. The van der Waals surface area contributed by atoms with Gasteiger partial charge in [0, 0.05) is 5.69 Å². The highest BCUT2D eigenvalue weighted by Gasteiger charge is 2.07. The molecule has 0 heterocycles. The third kappa shape index (κ3) is 5.53. The van der Waals surface area contributed by atoms with Gasteiger partial charge >= 0.3 is 0 Å². The third-order valence-electron chi connectivity index (χ3n) is 3.79.